The van der Waals surface area contributed by atoms with Crippen molar-refractivity contribution < 1.29 is 18.5 Å². The summed E-state index contributed by atoms with van der Waals surface area (Å²) in [7, 11) is 3.65. The summed E-state index contributed by atoms with van der Waals surface area (Å²) >= 11 is 0. The molecule has 0 aliphatic carbocycles. The molecule has 1 aromatic heterocycles. The van der Waals surface area contributed by atoms with Crippen molar-refractivity contribution in [2.24, 2.45) is 7.05 Å². The summed E-state index contributed by atoms with van der Waals surface area (Å²) in [5, 5.41) is 0.184. The Labute approximate surface area is 193 Å². The van der Waals surface area contributed by atoms with Crippen molar-refractivity contribution in [2.45, 2.75) is 51.6 Å². The number of aromatic nitrogens is 2. The zero-order chi connectivity index (χ0) is 23.5. The van der Waals surface area contributed by atoms with Gasteiger partial charge in [0.2, 0.25) is 14.6 Å². The van der Waals surface area contributed by atoms with Crippen LogP contribution in [0.15, 0.2) is 61.1 Å². The largest absolute Gasteiger partial charge is 0.544 e. The molecule has 2 aromatic carbocycles. The molecule has 0 aliphatic heterocycles. The fraction of sp³-hybridized carbons (Fsp3) is 0.423. The van der Waals surface area contributed by atoms with E-state index in [4.69, 9.17) is 13.9 Å². The molecule has 32 heavy (non-hydrogen) atoms. The third kappa shape index (κ3) is 5.42. The van der Waals surface area contributed by atoms with Crippen LogP contribution in [0.1, 0.15) is 43.7 Å². The van der Waals surface area contributed by atoms with Gasteiger partial charge in [0.1, 0.15) is 30.3 Å². The number of aryl methyl sites for hydroxylation is 1. The van der Waals surface area contributed by atoms with Gasteiger partial charge in [0.25, 0.3) is 0 Å². The highest BCUT2D eigenvalue weighted by molar-refractivity contribution is 6.74. The van der Waals surface area contributed by atoms with Gasteiger partial charge in [-0.25, -0.2) is 9.13 Å². The summed E-state index contributed by atoms with van der Waals surface area (Å²) in [4.78, 5) is 0. The van der Waals surface area contributed by atoms with Crippen LogP contribution in [0.4, 0.5) is 0 Å². The molecule has 3 rings (SSSR count). The normalized spacial score (nSPS) is 13.1. The van der Waals surface area contributed by atoms with Gasteiger partial charge in [-0.15, -0.1) is 0 Å². The lowest BCUT2D eigenvalue weighted by molar-refractivity contribution is -0.688. The van der Waals surface area contributed by atoms with E-state index in [9.17, 15) is 0 Å². The van der Waals surface area contributed by atoms with E-state index < -0.39 is 8.32 Å². The third-order valence-electron chi connectivity index (χ3n) is 6.42. The number of methoxy groups -OCH3 is 2. The van der Waals surface area contributed by atoms with Crippen LogP contribution < -0.4 is 13.7 Å². The molecule has 0 fully saturated rings. The van der Waals surface area contributed by atoms with Gasteiger partial charge in [-0.2, -0.15) is 0 Å². The van der Waals surface area contributed by atoms with Gasteiger partial charge in [-0.1, -0.05) is 45.0 Å². The fourth-order valence-electron chi connectivity index (χ4n) is 3.45. The van der Waals surface area contributed by atoms with E-state index in [0.717, 1.165) is 29.3 Å². The molecule has 0 saturated heterocycles. The van der Waals surface area contributed by atoms with Crippen molar-refractivity contribution >= 4 is 8.32 Å². The van der Waals surface area contributed by atoms with Crippen LogP contribution in [0.2, 0.25) is 18.1 Å². The topological polar surface area (TPSA) is 36.5 Å². The third-order valence-corrected chi connectivity index (χ3v) is 10.8. The molecule has 172 valence electrons. The lowest BCUT2D eigenvalue weighted by atomic mass is 10.1. The lowest BCUT2D eigenvalue weighted by Gasteiger charge is -2.36. The molecule has 1 atom stereocenters. The van der Waals surface area contributed by atoms with E-state index >= 15 is 0 Å². The Bertz CT molecular complexity index is 1020. The first-order valence-corrected chi connectivity index (χ1v) is 13.9. The number of ether oxygens (including phenoxy) is 2. The van der Waals surface area contributed by atoms with Crippen molar-refractivity contribution in [1.29, 1.82) is 0 Å². The van der Waals surface area contributed by atoms with Gasteiger partial charge >= 0.3 is 0 Å². The first kappa shape index (κ1) is 24.1. The zero-order valence-corrected chi connectivity index (χ0v) is 21.7. The van der Waals surface area contributed by atoms with Crippen molar-refractivity contribution in [2.75, 3.05) is 14.2 Å². The highest BCUT2D eigenvalue weighted by Gasteiger charge is 2.38. The molecular formula is C26H37N2O3Si+. The Balaban J connectivity index is 1.74. The van der Waals surface area contributed by atoms with Gasteiger partial charge in [-0.3, -0.25) is 0 Å². The molecule has 6 heteroatoms. The van der Waals surface area contributed by atoms with Gasteiger partial charge < -0.3 is 13.9 Å². The molecule has 5 nitrogen and oxygen atoms in total. The standard InChI is InChI=1S/C26H37N2O3Si/c1-26(2,3)32(7,8)31-23-13-9-20(10-14-23)17-28-18-24(27(4)19-28)25(30-6)21-11-15-22(29-5)16-12-21/h9-16,18-19,25H,17H2,1-8H3/q+1. The average molecular weight is 454 g/mol. The van der Waals surface area contributed by atoms with Gasteiger partial charge in [-0.05, 0) is 53.5 Å². The maximum absolute atomic E-state index is 6.41. The molecule has 0 N–H and O–H groups in total. The monoisotopic (exact) mass is 453 g/mol. The van der Waals surface area contributed by atoms with Crippen LogP contribution in [0, 0.1) is 0 Å². The Morgan fingerprint density at radius 1 is 0.938 bits per heavy atom. The minimum absolute atomic E-state index is 0.146. The van der Waals surface area contributed by atoms with E-state index in [-0.39, 0.29) is 11.1 Å². The molecule has 1 heterocycles. The van der Waals surface area contributed by atoms with E-state index in [2.05, 4.69) is 86.8 Å². The lowest BCUT2D eigenvalue weighted by Crippen LogP contribution is -2.43. The number of hydrogen-bond donors (Lipinski definition) is 0. The van der Waals surface area contributed by atoms with Crippen molar-refractivity contribution in [3.63, 3.8) is 0 Å². The first-order chi connectivity index (χ1) is 15.0. The summed E-state index contributed by atoms with van der Waals surface area (Å²) in [5.74, 6) is 1.80. The summed E-state index contributed by atoms with van der Waals surface area (Å²) < 4.78 is 21.8. The quantitative estimate of drug-likeness (QED) is 0.334. The summed E-state index contributed by atoms with van der Waals surface area (Å²) in [6, 6.07) is 16.5. The maximum Gasteiger partial charge on any atom is 0.250 e. The Morgan fingerprint density at radius 3 is 2.06 bits per heavy atom. The number of benzene rings is 2. The Kier molecular flexibility index (Phi) is 7.15. The van der Waals surface area contributed by atoms with Crippen LogP contribution in [0.3, 0.4) is 0 Å². The van der Waals surface area contributed by atoms with Crippen LogP contribution in [-0.2, 0) is 18.3 Å². The fourth-order valence-corrected chi connectivity index (χ4v) is 4.48. The van der Waals surface area contributed by atoms with E-state index in [1.807, 2.05) is 24.3 Å². The molecule has 0 spiro atoms. The number of hydrogen-bond acceptors (Lipinski definition) is 3. The van der Waals surface area contributed by atoms with Gasteiger partial charge in [0.15, 0.2) is 5.69 Å². The summed E-state index contributed by atoms with van der Waals surface area (Å²) in [5.41, 5.74) is 3.41. The zero-order valence-electron chi connectivity index (χ0n) is 20.7. The minimum Gasteiger partial charge on any atom is -0.544 e. The second-order valence-corrected chi connectivity index (χ2v) is 14.6. The Morgan fingerprint density at radius 2 is 1.53 bits per heavy atom. The molecule has 0 aliphatic rings. The molecule has 3 aromatic rings. The predicted molar refractivity (Wildman–Crippen MR) is 131 cm³/mol. The van der Waals surface area contributed by atoms with E-state index in [1.165, 1.54) is 5.56 Å². The highest BCUT2D eigenvalue weighted by Crippen LogP contribution is 2.37. The molecule has 0 amide bonds. The number of rotatable bonds is 8. The second-order valence-electron chi connectivity index (χ2n) is 9.85. The molecule has 0 bridgehead atoms. The van der Waals surface area contributed by atoms with Crippen molar-refractivity contribution in [1.82, 2.24) is 4.57 Å². The van der Waals surface area contributed by atoms with E-state index in [0.29, 0.717) is 0 Å². The van der Waals surface area contributed by atoms with Crippen LogP contribution in [-0.4, -0.2) is 27.1 Å². The minimum atomic E-state index is -1.83. The van der Waals surface area contributed by atoms with Crippen LogP contribution in [0.25, 0.3) is 0 Å². The summed E-state index contributed by atoms with van der Waals surface area (Å²) in [6.07, 6.45) is 4.11. The molecule has 1 unspecified atom stereocenters. The van der Waals surface area contributed by atoms with Crippen LogP contribution >= 0.6 is 0 Å². The van der Waals surface area contributed by atoms with Gasteiger partial charge in [0, 0.05) is 7.11 Å². The smallest absolute Gasteiger partial charge is 0.250 e. The average Bonchev–Trinajstić information content (AvgIpc) is 3.09. The molecular weight excluding hydrogens is 416 g/mol. The van der Waals surface area contributed by atoms with Gasteiger partial charge in [0.05, 0.1) is 14.2 Å². The van der Waals surface area contributed by atoms with E-state index in [1.54, 1.807) is 14.2 Å². The highest BCUT2D eigenvalue weighted by atomic mass is 28.4. The predicted octanol–water partition coefficient (Wildman–Crippen LogP) is 5.49. The maximum atomic E-state index is 6.41. The number of nitrogens with zero attached hydrogens (tertiary/aromatic N) is 2. The molecule has 0 radical (unpaired) electrons. The SMILES string of the molecule is COc1ccc(C(OC)c2c[n+](Cc3ccc(O[Si](C)(C)C(C)(C)C)cc3)cn2C)cc1. The van der Waals surface area contributed by atoms with Crippen molar-refractivity contribution in [3.8, 4) is 11.5 Å². The van der Waals surface area contributed by atoms with Crippen LogP contribution in [0.5, 0.6) is 11.5 Å². The van der Waals surface area contributed by atoms with Crippen molar-refractivity contribution in [3.05, 3.63) is 77.9 Å². The Hall–Kier alpha value is -2.57. The second kappa shape index (κ2) is 9.51. The molecule has 0 saturated carbocycles. The summed E-state index contributed by atoms with van der Waals surface area (Å²) in [6.45, 7) is 12.1. The first-order valence-electron chi connectivity index (χ1n) is 11.0. The number of imidazole rings is 1.